The number of carbonyl (C=O) groups excluding carboxylic acids is 1. The second-order valence-corrected chi connectivity index (χ2v) is 6.81. The van der Waals surface area contributed by atoms with Gasteiger partial charge in [-0.05, 0) is 0 Å². The van der Waals surface area contributed by atoms with Gasteiger partial charge in [0, 0.05) is 39.4 Å². The monoisotopic (exact) mass is 316 g/mol. The summed E-state index contributed by atoms with van der Waals surface area (Å²) in [5.74, 6) is -0.514. The highest BCUT2D eigenvalue weighted by Crippen LogP contribution is 2.08. The third-order valence-electron chi connectivity index (χ3n) is 3.40. The standard InChI is InChI=1S/C11H16N4O5S/c1-13-9(16)8(7-12-11(13)18)10(17)14-3-5-15(6-4-14)21(2,19)20/h7H,3-6H2,1-2H3,(H,12,18). The first kappa shape index (κ1) is 15.4. The molecule has 1 aromatic heterocycles. The van der Waals surface area contributed by atoms with E-state index in [9.17, 15) is 22.8 Å². The third-order valence-corrected chi connectivity index (χ3v) is 4.71. The van der Waals surface area contributed by atoms with Crippen LogP contribution < -0.4 is 11.2 Å². The molecule has 0 bridgehead atoms. The molecule has 0 saturated carbocycles. The summed E-state index contributed by atoms with van der Waals surface area (Å²) in [6, 6.07) is 0. The molecule has 2 rings (SSSR count). The van der Waals surface area contributed by atoms with Crippen molar-refractivity contribution in [2.45, 2.75) is 0 Å². The minimum atomic E-state index is -3.28. The lowest BCUT2D eigenvalue weighted by molar-refractivity contribution is 0.0695. The minimum absolute atomic E-state index is 0.134. The lowest BCUT2D eigenvalue weighted by Crippen LogP contribution is -2.51. The van der Waals surface area contributed by atoms with Crippen LogP contribution in [0.4, 0.5) is 0 Å². The van der Waals surface area contributed by atoms with Gasteiger partial charge in [-0.3, -0.25) is 14.2 Å². The zero-order valence-corrected chi connectivity index (χ0v) is 12.5. The summed E-state index contributed by atoms with van der Waals surface area (Å²) in [7, 11) is -2.00. The van der Waals surface area contributed by atoms with Crippen LogP contribution >= 0.6 is 0 Å². The van der Waals surface area contributed by atoms with Gasteiger partial charge < -0.3 is 9.88 Å². The van der Waals surface area contributed by atoms with Crippen molar-refractivity contribution in [3.63, 3.8) is 0 Å². The number of aromatic amines is 1. The molecule has 0 spiro atoms. The summed E-state index contributed by atoms with van der Waals surface area (Å²) in [4.78, 5) is 39.1. The van der Waals surface area contributed by atoms with E-state index in [1.165, 1.54) is 16.3 Å². The number of H-pyrrole nitrogens is 1. The fourth-order valence-corrected chi connectivity index (χ4v) is 2.94. The maximum Gasteiger partial charge on any atom is 0.328 e. The molecule has 0 aromatic carbocycles. The maximum atomic E-state index is 12.3. The number of hydrogen-bond donors (Lipinski definition) is 1. The minimum Gasteiger partial charge on any atom is -0.336 e. The zero-order chi connectivity index (χ0) is 15.8. The van der Waals surface area contributed by atoms with E-state index in [2.05, 4.69) is 4.98 Å². The molecule has 1 aliphatic rings. The van der Waals surface area contributed by atoms with Crippen molar-refractivity contribution < 1.29 is 13.2 Å². The number of nitrogens with zero attached hydrogens (tertiary/aromatic N) is 3. The molecule has 1 amide bonds. The number of carbonyl (C=O) groups is 1. The van der Waals surface area contributed by atoms with Crippen LogP contribution in [0.15, 0.2) is 15.8 Å². The van der Waals surface area contributed by atoms with E-state index in [1.54, 1.807) is 0 Å². The average molecular weight is 316 g/mol. The first-order chi connectivity index (χ1) is 9.71. The van der Waals surface area contributed by atoms with E-state index >= 15 is 0 Å². The Morgan fingerprint density at radius 1 is 1.19 bits per heavy atom. The molecule has 0 aliphatic carbocycles. The molecule has 2 heterocycles. The molecule has 0 radical (unpaired) electrons. The first-order valence-electron chi connectivity index (χ1n) is 6.25. The normalized spacial score (nSPS) is 17.0. The van der Waals surface area contributed by atoms with E-state index in [4.69, 9.17) is 0 Å². The Bertz CT molecular complexity index is 771. The van der Waals surface area contributed by atoms with Crippen LogP contribution in [0.25, 0.3) is 0 Å². The molecule has 1 fully saturated rings. The van der Waals surface area contributed by atoms with Crippen molar-refractivity contribution in [2.75, 3.05) is 32.4 Å². The Morgan fingerprint density at radius 3 is 2.29 bits per heavy atom. The molecular weight excluding hydrogens is 300 g/mol. The number of nitrogens with one attached hydrogen (secondary N) is 1. The fraction of sp³-hybridized carbons (Fsp3) is 0.545. The van der Waals surface area contributed by atoms with E-state index in [-0.39, 0.29) is 31.7 Å². The molecule has 0 atom stereocenters. The summed E-state index contributed by atoms with van der Waals surface area (Å²) in [6.07, 6.45) is 2.21. The van der Waals surface area contributed by atoms with Crippen molar-refractivity contribution in [3.05, 3.63) is 32.6 Å². The second kappa shape index (κ2) is 5.45. The van der Waals surface area contributed by atoms with Crippen LogP contribution in [0.2, 0.25) is 0 Å². The molecule has 21 heavy (non-hydrogen) atoms. The molecule has 116 valence electrons. The highest BCUT2D eigenvalue weighted by Gasteiger charge is 2.28. The summed E-state index contributed by atoms with van der Waals surface area (Å²) in [6.45, 7) is 0.783. The summed E-state index contributed by atoms with van der Waals surface area (Å²) >= 11 is 0. The van der Waals surface area contributed by atoms with Gasteiger partial charge in [0.05, 0.1) is 6.26 Å². The smallest absolute Gasteiger partial charge is 0.328 e. The molecule has 1 N–H and O–H groups in total. The van der Waals surface area contributed by atoms with Gasteiger partial charge in [0.25, 0.3) is 11.5 Å². The van der Waals surface area contributed by atoms with E-state index in [0.717, 1.165) is 17.0 Å². The SMILES string of the molecule is Cn1c(=O)[nH]cc(C(=O)N2CCN(S(C)(=O)=O)CC2)c1=O. The molecular formula is C11H16N4O5S. The summed E-state index contributed by atoms with van der Waals surface area (Å²) in [5, 5.41) is 0. The van der Waals surface area contributed by atoms with Crippen LogP contribution in [-0.4, -0.2) is 65.5 Å². The number of amides is 1. The zero-order valence-electron chi connectivity index (χ0n) is 11.7. The highest BCUT2D eigenvalue weighted by molar-refractivity contribution is 7.88. The Balaban J connectivity index is 2.19. The molecule has 10 heteroatoms. The number of aromatic nitrogens is 2. The van der Waals surface area contributed by atoms with Gasteiger partial charge in [-0.25, -0.2) is 13.2 Å². The number of sulfonamides is 1. The topological polar surface area (TPSA) is 113 Å². The Hall–Kier alpha value is -1.94. The van der Waals surface area contributed by atoms with Gasteiger partial charge in [-0.2, -0.15) is 4.31 Å². The Labute approximate surface area is 120 Å². The fourth-order valence-electron chi connectivity index (χ4n) is 2.11. The van der Waals surface area contributed by atoms with Crippen LogP contribution in [0.1, 0.15) is 10.4 Å². The maximum absolute atomic E-state index is 12.3. The molecule has 1 aromatic rings. The van der Waals surface area contributed by atoms with Crippen LogP contribution in [0, 0.1) is 0 Å². The quantitative estimate of drug-likeness (QED) is 0.665. The van der Waals surface area contributed by atoms with Crippen LogP contribution in [0.5, 0.6) is 0 Å². The van der Waals surface area contributed by atoms with Crippen molar-refractivity contribution in [3.8, 4) is 0 Å². The van der Waals surface area contributed by atoms with Gasteiger partial charge in [0.15, 0.2) is 0 Å². The van der Waals surface area contributed by atoms with Crippen molar-refractivity contribution in [1.82, 2.24) is 18.8 Å². The van der Waals surface area contributed by atoms with E-state index in [0.29, 0.717) is 0 Å². The van der Waals surface area contributed by atoms with Crippen molar-refractivity contribution in [1.29, 1.82) is 0 Å². The lowest BCUT2D eigenvalue weighted by Gasteiger charge is -2.33. The third kappa shape index (κ3) is 3.05. The van der Waals surface area contributed by atoms with Crippen molar-refractivity contribution >= 4 is 15.9 Å². The second-order valence-electron chi connectivity index (χ2n) is 4.83. The van der Waals surface area contributed by atoms with Gasteiger partial charge >= 0.3 is 5.69 Å². The molecule has 9 nitrogen and oxygen atoms in total. The summed E-state index contributed by atoms with van der Waals surface area (Å²) in [5.41, 5.74) is -1.40. The van der Waals surface area contributed by atoms with Gasteiger partial charge in [-0.1, -0.05) is 0 Å². The van der Waals surface area contributed by atoms with Gasteiger partial charge in [0.2, 0.25) is 10.0 Å². The van der Waals surface area contributed by atoms with Gasteiger partial charge in [0.1, 0.15) is 5.56 Å². The Kier molecular flexibility index (Phi) is 4.01. The predicted octanol–water partition coefficient (Wildman–Crippen LogP) is -2.21. The van der Waals surface area contributed by atoms with Crippen LogP contribution in [0.3, 0.4) is 0 Å². The molecule has 1 saturated heterocycles. The number of piperazine rings is 1. The number of hydrogen-bond acceptors (Lipinski definition) is 5. The first-order valence-corrected chi connectivity index (χ1v) is 8.10. The molecule has 1 aliphatic heterocycles. The van der Waals surface area contributed by atoms with E-state index < -0.39 is 27.2 Å². The molecule has 0 unspecified atom stereocenters. The largest absolute Gasteiger partial charge is 0.336 e. The Morgan fingerprint density at radius 2 is 1.76 bits per heavy atom. The predicted molar refractivity (Wildman–Crippen MR) is 74.6 cm³/mol. The highest BCUT2D eigenvalue weighted by atomic mass is 32.2. The average Bonchev–Trinajstić information content (AvgIpc) is 2.43. The number of rotatable bonds is 2. The van der Waals surface area contributed by atoms with E-state index in [1.807, 2.05) is 0 Å². The van der Waals surface area contributed by atoms with Crippen molar-refractivity contribution in [2.24, 2.45) is 7.05 Å². The van der Waals surface area contributed by atoms with Crippen LogP contribution in [-0.2, 0) is 17.1 Å². The lowest BCUT2D eigenvalue weighted by atomic mass is 10.2. The van der Waals surface area contributed by atoms with Gasteiger partial charge in [-0.15, -0.1) is 0 Å². The summed E-state index contributed by atoms with van der Waals surface area (Å²) < 4.78 is 24.9.